The third kappa shape index (κ3) is 5.24. The number of hydrogen-bond donors (Lipinski definition) is 2. The zero-order valence-electron chi connectivity index (χ0n) is 18.1. The van der Waals surface area contributed by atoms with Crippen molar-refractivity contribution in [2.75, 3.05) is 7.11 Å². The number of nitrogens with one attached hydrogen (secondary N) is 1. The molecule has 2 aromatic rings. The number of alkyl halides is 3. The third-order valence-corrected chi connectivity index (χ3v) is 6.44. The number of methoxy groups -OCH3 is 1. The first kappa shape index (κ1) is 24.4. The second kappa shape index (κ2) is 9.74. The number of hydrogen-bond acceptors (Lipinski definition) is 5. The number of halogens is 3. The lowest BCUT2D eigenvalue weighted by atomic mass is 9.80. The molecule has 0 radical (unpaired) electrons. The molecule has 0 bridgehead atoms. The van der Waals surface area contributed by atoms with Crippen molar-refractivity contribution in [2.45, 2.75) is 36.6 Å². The van der Waals surface area contributed by atoms with Crippen molar-refractivity contribution >= 4 is 23.7 Å². The Balaban J connectivity index is 2.04. The zero-order valence-corrected chi connectivity index (χ0v) is 18.9. The fourth-order valence-electron chi connectivity index (χ4n) is 3.82. The molecule has 0 spiro atoms. The maximum Gasteiger partial charge on any atom is 0.416 e. The number of allylic oxidation sites excluding steroid dienone is 2. The van der Waals surface area contributed by atoms with E-state index in [1.807, 2.05) is 0 Å². The highest BCUT2D eigenvalue weighted by molar-refractivity contribution is 7.98. The summed E-state index contributed by atoms with van der Waals surface area (Å²) in [6, 6.07) is 12.0. The van der Waals surface area contributed by atoms with Crippen LogP contribution in [0, 0.1) is 0 Å². The van der Waals surface area contributed by atoms with Gasteiger partial charge in [0.1, 0.15) is 0 Å². The molecule has 3 rings (SSSR count). The summed E-state index contributed by atoms with van der Waals surface area (Å²) in [4.78, 5) is 25.4. The first-order chi connectivity index (χ1) is 15.5. The van der Waals surface area contributed by atoms with E-state index in [0.29, 0.717) is 27.4 Å². The summed E-state index contributed by atoms with van der Waals surface area (Å²) in [6.45, 7) is 3.28. The number of carboxylic acid groups (broad SMARTS) is 1. The van der Waals surface area contributed by atoms with Gasteiger partial charge in [-0.1, -0.05) is 36.4 Å². The number of carbonyl (C=O) groups excluding carboxylic acids is 1. The number of carbonyl (C=O) groups is 2. The predicted octanol–water partition coefficient (Wildman–Crippen LogP) is 5.49. The first-order valence-electron chi connectivity index (χ1n) is 9.92. The van der Waals surface area contributed by atoms with Crippen molar-refractivity contribution in [1.82, 2.24) is 5.32 Å². The Bertz CT molecular complexity index is 1150. The molecule has 0 saturated heterocycles. The SMILES string of the molecule is COC(=O)C1=C(C)NC(C)=C(C(=O)O)C1c1ccccc1SCc1cccc(C(F)(F)F)c1. The van der Waals surface area contributed by atoms with Crippen LogP contribution in [0.4, 0.5) is 13.2 Å². The van der Waals surface area contributed by atoms with Crippen molar-refractivity contribution in [2.24, 2.45) is 0 Å². The lowest BCUT2D eigenvalue weighted by molar-refractivity contribution is -0.138. The first-order valence-corrected chi connectivity index (χ1v) is 10.9. The van der Waals surface area contributed by atoms with Crippen molar-refractivity contribution in [3.05, 3.63) is 87.8 Å². The second-order valence-corrected chi connectivity index (χ2v) is 8.47. The van der Waals surface area contributed by atoms with Gasteiger partial charge in [0, 0.05) is 22.0 Å². The van der Waals surface area contributed by atoms with Crippen molar-refractivity contribution in [1.29, 1.82) is 0 Å². The second-order valence-electron chi connectivity index (χ2n) is 7.46. The number of rotatable bonds is 6. The van der Waals surface area contributed by atoms with E-state index in [2.05, 4.69) is 5.32 Å². The van der Waals surface area contributed by atoms with Crippen LogP contribution in [-0.4, -0.2) is 24.2 Å². The minimum absolute atomic E-state index is 0.00752. The maximum absolute atomic E-state index is 13.1. The van der Waals surface area contributed by atoms with Gasteiger partial charge >= 0.3 is 18.1 Å². The smallest absolute Gasteiger partial charge is 0.416 e. The van der Waals surface area contributed by atoms with Gasteiger partial charge in [-0.2, -0.15) is 13.2 Å². The molecule has 1 heterocycles. The number of thioether (sulfide) groups is 1. The van der Waals surface area contributed by atoms with Gasteiger partial charge in [-0.15, -0.1) is 11.8 Å². The van der Waals surface area contributed by atoms with Crippen LogP contribution in [-0.2, 0) is 26.3 Å². The molecule has 5 nitrogen and oxygen atoms in total. The van der Waals surface area contributed by atoms with Gasteiger partial charge < -0.3 is 15.2 Å². The Morgan fingerprint density at radius 3 is 2.36 bits per heavy atom. The molecule has 1 atom stereocenters. The Kier molecular flexibility index (Phi) is 7.22. The Morgan fingerprint density at radius 1 is 1.06 bits per heavy atom. The molecule has 0 aliphatic carbocycles. The standard InChI is InChI=1S/C24H22F3NO4S/c1-13-19(22(29)30)21(20(14(2)28-13)23(31)32-3)17-9-4-5-10-18(17)33-12-15-7-6-8-16(11-15)24(25,26)27/h4-11,21,28H,12H2,1-3H3,(H,29,30). The third-order valence-electron chi connectivity index (χ3n) is 5.27. The van der Waals surface area contributed by atoms with Gasteiger partial charge in [0.15, 0.2) is 0 Å². The van der Waals surface area contributed by atoms with E-state index in [4.69, 9.17) is 4.74 Å². The fraction of sp³-hybridized carbons (Fsp3) is 0.250. The molecule has 0 amide bonds. The molecule has 2 N–H and O–H groups in total. The van der Waals surface area contributed by atoms with Crippen LogP contribution < -0.4 is 5.32 Å². The quantitative estimate of drug-likeness (QED) is 0.423. The summed E-state index contributed by atoms with van der Waals surface area (Å²) >= 11 is 1.27. The van der Waals surface area contributed by atoms with Crippen LogP contribution >= 0.6 is 11.8 Å². The Hall–Kier alpha value is -3.20. The van der Waals surface area contributed by atoms with Gasteiger partial charge in [-0.25, -0.2) is 9.59 Å². The number of carboxylic acids is 1. The maximum atomic E-state index is 13.1. The number of dihydropyridines is 1. The topological polar surface area (TPSA) is 75.6 Å². The van der Waals surface area contributed by atoms with Crippen LogP contribution in [0.25, 0.3) is 0 Å². The molecule has 2 aromatic carbocycles. The molecule has 1 aliphatic rings. The van der Waals surface area contributed by atoms with Crippen molar-refractivity contribution < 1.29 is 32.6 Å². The van der Waals surface area contributed by atoms with E-state index in [0.717, 1.165) is 12.1 Å². The van der Waals surface area contributed by atoms with Gasteiger partial charge in [-0.3, -0.25) is 0 Å². The van der Waals surface area contributed by atoms with Gasteiger partial charge in [0.25, 0.3) is 0 Å². The molecular formula is C24H22F3NO4S. The molecule has 9 heteroatoms. The minimum Gasteiger partial charge on any atom is -0.478 e. The van der Waals surface area contributed by atoms with Crippen LogP contribution in [0.15, 0.2) is 76.0 Å². The molecule has 174 valence electrons. The average Bonchev–Trinajstić information content (AvgIpc) is 2.76. The lowest BCUT2D eigenvalue weighted by Crippen LogP contribution is -2.31. The van der Waals surface area contributed by atoms with Gasteiger partial charge in [-0.05, 0) is 37.1 Å². The van der Waals surface area contributed by atoms with Crippen molar-refractivity contribution in [3.63, 3.8) is 0 Å². The molecule has 1 unspecified atom stereocenters. The normalized spacial score (nSPS) is 16.5. The average molecular weight is 478 g/mol. The number of aliphatic carboxylic acids is 1. The molecule has 0 fully saturated rings. The predicted molar refractivity (Wildman–Crippen MR) is 118 cm³/mol. The van der Waals surface area contributed by atoms with E-state index >= 15 is 0 Å². The summed E-state index contributed by atoms with van der Waals surface area (Å²) in [5.74, 6) is -2.51. The summed E-state index contributed by atoms with van der Waals surface area (Å²) in [5.41, 5.74) is 1.36. The molecule has 1 aliphatic heterocycles. The van der Waals surface area contributed by atoms with Crippen molar-refractivity contribution in [3.8, 4) is 0 Å². The molecule has 0 aromatic heterocycles. The minimum atomic E-state index is -4.44. The van der Waals surface area contributed by atoms with E-state index in [9.17, 15) is 27.9 Å². The van der Waals surface area contributed by atoms with E-state index in [1.165, 1.54) is 24.9 Å². The van der Waals surface area contributed by atoms with E-state index < -0.39 is 29.6 Å². The monoisotopic (exact) mass is 477 g/mol. The number of ether oxygens (including phenoxy) is 1. The highest BCUT2D eigenvalue weighted by Crippen LogP contribution is 2.43. The van der Waals surface area contributed by atoms with Crippen LogP contribution in [0.1, 0.15) is 36.5 Å². The largest absolute Gasteiger partial charge is 0.478 e. The molecule has 33 heavy (non-hydrogen) atoms. The highest BCUT2D eigenvalue weighted by atomic mass is 32.2. The van der Waals surface area contributed by atoms with Crippen LogP contribution in [0.3, 0.4) is 0 Å². The Morgan fingerprint density at radius 2 is 1.73 bits per heavy atom. The zero-order chi connectivity index (χ0) is 24.3. The van der Waals surface area contributed by atoms with E-state index in [1.54, 1.807) is 44.2 Å². The van der Waals surface area contributed by atoms with Crippen LogP contribution in [0.2, 0.25) is 0 Å². The Labute approximate surface area is 193 Å². The van der Waals surface area contributed by atoms with E-state index in [-0.39, 0.29) is 16.9 Å². The van der Waals surface area contributed by atoms with Gasteiger partial charge in [0.05, 0.1) is 29.7 Å². The molecular weight excluding hydrogens is 455 g/mol. The molecule has 0 saturated carbocycles. The highest BCUT2D eigenvalue weighted by Gasteiger charge is 2.38. The lowest BCUT2D eigenvalue weighted by Gasteiger charge is -2.30. The number of benzene rings is 2. The van der Waals surface area contributed by atoms with Gasteiger partial charge in [0.2, 0.25) is 0 Å². The number of esters is 1. The summed E-state index contributed by atoms with van der Waals surface area (Å²) in [7, 11) is 1.22. The summed E-state index contributed by atoms with van der Waals surface area (Å²) < 4.78 is 44.1. The summed E-state index contributed by atoms with van der Waals surface area (Å²) in [6.07, 6.45) is -4.44. The summed E-state index contributed by atoms with van der Waals surface area (Å²) in [5, 5.41) is 12.9. The fourth-order valence-corrected chi connectivity index (χ4v) is 4.85. The van der Waals surface area contributed by atoms with Crippen LogP contribution in [0.5, 0.6) is 0 Å².